The monoisotopic (exact) mass is 338 g/mol. The smallest absolute Gasteiger partial charge is 0.252 e. The Morgan fingerprint density at radius 1 is 1.48 bits per heavy atom. The Labute approximate surface area is 137 Å². The summed E-state index contributed by atoms with van der Waals surface area (Å²) in [5.41, 5.74) is -0.658. The first-order valence-corrected chi connectivity index (χ1v) is 6.70. The first-order valence-electron chi connectivity index (χ1n) is 6.70. The number of amides is 1. The molecule has 1 aliphatic heterocycles. The zero-order valence-corrected chi connectivity index (χ0v) is 14.1. The summed E-state index contributed by atoms with van der Waals surface area (Å²) >= 11 is 0. The molecule has 0 unspecified atom stereocenters. The largest absolute Gasteiger partial charge is 0.368 e. The van der Waals surface area contributed by atoms with Gasteiger partial charge < -0.3 is 19.9 Å². The Bertz CT molecular complexity index is 434. The fraction of sp³-hybridized carbons (Fsp3) is 0.692. The van der Waals surface area contributed by atoms with Gasteiger partial charge in [-0.05, 0) is 32.9 Å². The van der Waals surface area contributed by atoms with Gasteiger partial charge in [0, 0.05) is 32.6 Å². The Morgan fingerprint density at radius 2 is 2.14 bits per heavy atom. The lowest BCUT2D eigenvalue weighted by atomic mass is 9.91. The molecular formula is C13H24Cl2N4O2. The third-order valence-corrected chi connectivity index (χ3v) is 3.78. The van der Waals surface area contributed by atoms with Gasteiger partial charge in [-0.2, -0.15) is 0 Å². The normalized spacial score (nSPS) is 16.5. The van der Waals surface area contributed by atoms with Crippen LogP contribution in [-0.2, 0) is 16.1 Å². The number of carbonyl (C=O) groups is 1. The lowest BCUT2D eigenvalue weighted by molar-refractivity contribution is -0.146. The Kier molecular flexibility index (Phi) is 8.89. The summed E-state index contributed by atoms with van der Waals surface area (Å²) in [5.74, 6) is 0.951. The van der Waals surface area contributed by atoms with Gasteiger partial charge >= 0.3 is 0 Å². The molecule has 0 radical (unpaired) electrons. The van der Waals surface area contributed by atoms with Crippen LogP contribution >= 0.6 is 24.8 Å². The second-order valence-corrected chi connectivity index (χ2v) is 4.87. The highest BCUT2D eigenvalue weighted by Gasteiger charge is 2.39. The molecule has 1 aromatic rings. The lowest BCUT2D eigenvalue weighted by Crippen LogP contribution is -2.54. The zero-order valence-electron chi connectivity index (χ0n) is 12.4. The van der Waals surface area contributed by atoms with Crippen molar-refractivity contribution in [1.29, 1.82) is 0 Å². The van der Waals surface area contributed by atoms with E-state index in [1.807, 2.05) is 17.7 Å². The third kappa shape index (κ3) is 4.85. The van der Waals surface area contributed by atoms with Gasteiger partial charge in [-0.3, -0.25) is 4.79 Å². The van der Waals surface area contributed by atoms with Gasteiger partial charge in [0.25, 0.3) is 5.91 Å². The Balaban J connectivity index is 0.00000200. The SMILES string of the molecule is COC1(C(=O)NCCn2ccnc2C)CCNCC1.Cl.Cl. The predicted octanol–water partition coefficient (Wildman–Crippen LogP) is 0.920. The van der Waals surface area contributed by atoms with Crippen LogP contribution in [0.3, 0.4) is 0 Å². The zero-order chi connectivity index (χ0) is 13.7. The molecule has 1 aromatic heterocycles. The van der Waals surface area contributed by atoms with Crippen LogP contribution in [0.15, 0.2) is 12.4 Å². The second kappa shape index (κ2) is 9.25. The van der Waals surface area contributed by atoms with Crippen LogP contribution in [0, 0.1) is 6.92 Å². The van der Waals surface area contributed by atoms with Crippen LogP contribution in [0.4, 0.5) is 0 Å². The fourth-order valence-electron chi connectivity index (χ4n) is 2.45. The molecule has 6 nitrogen and oxygen atoms in total. The van der Waals surface area contributed by atoms with Crippen LogP contribution < -0.4 is 10.6 Å². The number of nitrogens with one attached hydrogen (secondary N) is 2. The van der Waals surface area contributed by atoms with Crippen molar-refractivity contribution in [3.63, 3.8) is 0 Å². The summed E-state index contributed by atoms with van der Waals surface area (Å²) in [5, 5.41) is 6.21. The molecule has 8 heteroatoms. The molecule has 1 fully saturated rings. The van der Waals surface area contributed by atoms with E-state index in [9.17, 15) is 4.79 Å². The molecule has 0 bridgehead atoms. The number of ether oxygens (including phenoxy) is 1. The quantitative estimate of drug-likeness (QED) is 0.837. The van der Waals surface area contributed by atoms with Crippen molar-refractivity contribution < 1.29 is 9.53 Å². The number of piperidine rings is 1. The number of aryl methyl sites for hydroxylation is 1. The number of halogens is 2. The summed E-state index contributed by atoms with van der Waals surface area (Å²) in [7, 11) is 1.62. The fourth-order valence-corrected chi connectivity index (χ4v) is 2.45. The van der Waals surface area contributed by atoms with Gasteiger partial charge in [-0.15, -0.1) is 24.8 Å². The predicted molar refractivity (Wildman–Crippen MR) is 86.3 cm³/mol. The van der Waals surface area contributed by atoms with E-state index in [2.05, 4.69) is 15.6 Å². The van der Waals surface area contributed by atoms with Crippen LogP contribution in [0.1, 0.15) is 18.7 Å². The van der Waals surface area contributed by atoms with Crippen molar-refractivity contribution in [2.24, 2.45) is 0 Å². The van der Waals surface area contributed by atoms with E-state index < -0.39 is 5.60 Å². The van der Waals surface area contributed by atoms with Gasteiger partial charge in [0.2, 0.25) is 0 Å². The molecule has 1 aliphatic rings. The topological polar surface area (TPSA) is 68.2 Å². The summed E-state index contributed by atoms with van der Waals surface area (Å²) < 4.78 is 7.50. The number of aromatic nitrogens is 2. The molecule has 0 aromatic carbocycles. The maximum atomic E-state index is 12.3. The minimum Gasteiger partial charge on any atom is -0.368 e. The summed E-state index contributed by atoms with van der Waals surface area (Å²) in [6.45, 7) is 4.92. The molecular weight excluding hydrogens is 315 g/mol. The van der Waals surface area contributed by atoms with E-state index in [1.165, 1.54) is 0 Å². The van der Waals surface area contributed by atoms with E-state index in [0.717, 1.165) is 38.3 Å². The number of methoxy groups -OCH3 is 1. The van der Waals surface area contributed by atoms with Crippen LogP contribution in [0.25, 0.3) is 0 Å². The van der Waals surface area contributed by atoms with Crippen LogP contribution in [0.2, 0.25) is 0 Å². The highest BCUT2D eigenvalue weighted by molar-refractivity contribution is 5.86. The molecule has 2 rings (SSSR count). The van der Waals surface area contributed by atoms with Crippen LogP contribution in [0.5, 0.6) is 0 Å². The molecule has 0 saturated carbocycles. The van der Waals surface area contributed by atoms with E-state index in [-0.39, 0.29) is 30.7 Å². The maximum absolute atomic E-state index is 12.3. The Hall–Kier alpha value is -0.820. The Morgan fingerprint density at radius 3 is 2.67 bits per heavy atom. The van der Waals surface area contributed by atoms with Crippen molar-refractivity contribution in [3.05, 3.63) is 18.2 Å². The van der Waals surface area contributed by atoms with Gasteiger partial charge in [0.05, 0.1) is 0 Å². The van der Waals surface area contributed by atoms with Crippen molar-refractivity contribution in [2.45, 2.75) is 31.9 Å². The molecule has 2 heterocycles. The number of imidazole rings is 1. The minimum atomic E-state index is -0.658. The van der Waals surface area contributed by atoms with E-state index in [1.54, 1.807) is 13.3 Å². The van der Waals surface area contributed by atoms with Gasteiger partial charge in [-0.25, -0.2) is 4.98 Å². The first kappa shape index (κ1) is 20.2. The second-order valence-electron chi connectivity index (χ2n) is 4.87. The van der Waals surface area contributed by atoms with Crippen molar-refractivity contribution in [1.82, 2.24) is 20.2 Å². The summed E-state index contributed by atoms with van der Waals surface area (Å²) in [6.07, 6.45) is 5.12. The minimum absolute atomic E-state index is 0. The molecule has 0 aliphatic carbocycles. The number of carbonyl (C=O) groups excluding carboxylic acids is 1. The van der Waals surface area contributed by atoms with Crippen molar-refractivity contribution in [2.75, 3.05) is 26.7 Å². The van der Waals surface area contributed by atoms with Crippen LogP contribution in [-0.4, -0.2) is 47.8 Å². The molecule has 21 heavy (non-hydrogen) atoms. The lowest BCUT2D eigenvalue weighted by Gasteiger charge is -2.34. The highest BCUT2D eigenvalue weighted by atomic mass is 35.5. The molecule has 1 amide bonds. The number of rotatable bonds is 5. The average molecular weight is 339 g/mol. The highest BCUT2D eigenvalue weighted by Crippen LogP contribution is 2.22. The maximum Gasteiger partial charge on any atom is 0.252 e. The summed E-state index contributed by atoms with van der Waals surface area (Å²) in [4.78, 5) is 16.4. The molecule has 2 N–H and O–H groups in total. The van der Waals surface area contributed by atoms with E-state index >= 15 is 0 Å². The molecule has 122 valence electrons. The number of hydrogen-bond donors (Lipinski definition) is 2. The van der Waals surface area contributed by atoms with E-state index in [0.29, 0.717) is 6.54 Å². The third-order valence-electron chi connectivity index (χ3n) is 3.78. The number of hydrogen-bond acceptors (Lipinski definition) is 4. The molecule has 0 atom stereocenters. The van der Waals surface area contributed by atoms with Gasteiger partial charge in [0.15, 0.2) is 0 Å². The van der Waals surface area contributed by atoms with E-state index in [4.69, 9.17) is 4.74 Å². The average Bonchev–Trinajstić information content (AvgIpc) is 2.85. The standard InChI is InChI=1S/C13H22N4O2.2ClH/c1-11-15-7-9-17(11)10-8-16-12(18)13(19-2)3-5-14-6-4-13;;/h7,9,14H,3-6,8,10H2,1-2H3,(H,16,18);2*1H. The summed E-state index contributed by atoms with van der Waals surface area (Å²) in [6, 6.07) is 0. The van der Waals surface area contributed by atoms with Gasteiger partial charge in [0.1, 0.15) is 11.4 Å². The number of nitrogens with zero attached hydrogens (tertiary/aromatic N) is 2. The van der Waals surface area contributed by atoms with Gasteiger partial charge in [-0.1, -0.05) is 0 Å². The molecule has 1 saturated heterocycles. The first-order chi connectivity index (χ1) is 9.18. The van der Waals surface area contributed by atoms with Crippen molar-refractivity contribution >= 4 is 30.7 Å². The molecule has 0 spiro atoms. The van der Waals surface area contributed by atoms with Crippen molar-refractivity contribution in [3.8, 4) is 0 Å².